The first kappa shape index (κ1) is 17.3. The molecule has 0 atom stereocenters. The van der Waals surface area contributed by atoms with Crippen LogP contribution in [0.2, 0.25) is 0 Å². The van der Waals surface area contributed by atoms with Crippen molar-refractivity contribution in [2.24, 2.45) is 5.16 Å². The number of ketones is 1. The summed E-state index contributed by atoms with van der Waals surface area (Å²) >= 11 is 0. The Morgan fingerprint density at radius 2 is 1.96 bits per heavy atom. The highest BCUT2D eigenvalue weighted by atomic mass is 16.5. The zero-order valence-corrected chi connectivity index (χ0v) is 13.5. The molecule has 0 aromatic heterocycles. The first-order valence-electron chi connectivity index (χ1n) is 7.33. The molecule has 0 unspecified atom stereocenters. The number of rotatable bonds is 7. The highest BCUT2D eigenvalue weighted by Gasteiger charge is 2.14. The van der Waals surface area contributed by atoms with Crippen LogP contribution in [0.4, 0.5) is 0 Å². The molecule has 0 aliphatic rings. The Balaban J connectivity index is 2.23. The van der Waals surface area contributed by atoms with E-state index < -0.39 is 0 Å². The molecule has 0 spiro atoms. The van der Waals surface area contributed by atoms with Crippen LogP contribution in [0.15, 0.2) is 47.6 Å². The number of ether oxygens (including phenoxy) is 2. The van der Waals surface area contributed by atoms with Gasteiger partial charge in [0.05, 0.1) is 12.8 Å². The molecule has 24 heavy (non-hydrogen) atoms. The van der Waals surface area contributed by atoms with Crippen molar-refractivity contribution in [1.29, 1.82) is 0 Å². The van der Waals surface area contributed by atoms with E-state index in [-0.39, 0.29) is 30.3 Å². The van der Waals surface area contributed by atoms with Gasteiger partial charge in [-0.2, -0.15) is 0 Å². The number of Topliss-reactive ketones (excluding diaryl/α,β-unsaturated/α-hetero) is 1. The molecule has 126 valence electrons. The lowest BCUT2D eigenvalue weighted by molar-refractivity contribution is -0.118. The van der Waals surface area contributed by atoms with Crippen LogP contribution < -0.4 is 9.47 Å². The molecule has 6 heteroatoms. The molecule has 0 saturated carbocycles. The maximum absolute atomic E-state index is 10.9. The molecule has 6 nitrogen and oxygen atoms in total. The number of benzene rings is 2. The predicted octanol–water partition coefficient (Wildman–Crippen LogP) is 2.79. The van der Waals surface area contributed by atoms with Gasteiger partial charge in [-0.25, -0.2) is 0 Å². The van der Waals surface area contributed by atoms with Crippen molar-refractivity contribution < 1.29 is 24.6 Å². The summed E-state index contributed by atoms with van der Waals surface area (Å²) in [6, 6.07) is 11.9. The molecule has 0 saturated heterocycles. The largest absolute Gasteiger partial charge is 0.507 e. The Labute approximate surface area is 140 Å². The topological polar surface area (TPSA) is 88.4 Å². The van der Waals surface area contributed by atoms with E-state index in [1.165, 1.54) is 13.0 Å². The first-order chi connectivity index (χ1) is 11.5. The summed E-state index contributed by atoms with van der Waals surface area (Å²) in [5.41, 5.74) is 1.48. The predicted molar refractivity (Wildman–Crippen MR) is 89.3 cm³/mol. The Hall–Kier alpha value is -3.02. The number of carbonyl (C=O) groups excluding carboxylic acids is 1. The molecule has 0 bridgehead atoms. The summed E-state index contributed by atoms with van der Waals surface area (Å²) in [5.74, 6) is 0.812. The molecular formula is C18H19NO5. The van der Waals surface area contributed by atoms with Gasteiger partial charge in [-0.15, -0.1) is 0 Å². The number of phenolic OH excluding ortho intramolecular Hbond substituents is 1. The van der Waals surface area contributed by atoms with E-state index in [1.807, 2.05) is 24.3 Å². The molecule has 2 N–H and O–H groups in total. The summed E-state index contributed by atoms with van der Waals surface area (Å²) in [6.45, 7) is 1.35. The smallest absolute Gasteiger partial charge is 0.167 e. The highest BCUT2D eigenvalue weighted by Crippen LogP contribution is 2.27. The summed E-state index contributed by atoms with van der Waals surface area (Å²) in [7, 11) is 1.56. The second kappa shape index (κ2) is 8.01. The van der Waals surface area contributed by atoms with Crippen LogP contribution in [-0.2, 0) is 11.2 Å². The van der Waals surface area contributed by atoms with Crippen LogP contribution in [0.3, 0.4) is 0 Å². The van der Waals surface area contributed by atoms with Crippen LogP contribution in [0.5, 0.6) is 17.2 Å². The number of carbonyl (C=O) groups is 1. The van der Waals surface area contributed by atoms with Gasteiger partial charge in [-0.1, -0.05) is 23.4 Å². The van der Waals surface area contributed by atoms with E-state index in [0.29, 0.717) is 17.1 Å². The Morgan fingerprint density at radius 1 is 1.21 bits per heavy atom. The molecule has 0 amide bonds. The van der Waals surface area contributed by atoms with Gasteiger partial charge in [-0.05, 0) is 25.1 Å². The lowest BCUT2D eigenvalue weighted by Gasteiger charge is -2.12. The van der Waals surface area contributed by atoms with E-state index in [1.54, 1.807) is 19.2 Å². The Morgan fingerprint density at radius 3 is 2.58 bits per heavy atom. The molecule has 0 heterocycles. The Bertz CT molecular complexity index is 755. The number of nitrogens with zero attached hydrogens (tertiary/aromatic N) is 1. The number of aromatic hydroxyl groups is 1. The summed E-state index contributed by atoms with van der Waals surface area (Å²) in [4.78, 5) is 10.9. The summed E-state index contributed by atoms with van der Waals surface area (Å²) < 4.78 is 10.5. The maximum atomic E-state index is 10.9. The molecule has 0 radical (unpaired) electrons. The fourth-order valence-electron chi connectivity index (χ4n) is 2.24. The molecule has 0 aliphatic carbocycles. The van der Waals surface area contributed by atoms with Crippen molar-refractivity contribution in [2.45, 2.75) is 13.3 Å². The first-order valence-corrected chi connectivity index (χ1v) is 7.33. The minimum absolute atomic E-state index is 0.0685. The third-order valence-corrected chi connectivity index (χ3v) is 3.39. The van der Waals surface area contributed by atoms with Gasteiger partial charge in [-0.3, -0.25) is 4.79 Å². The molecule has 2 rings (SSSR count). The van der Waals surface area contributed by atoms with Crippen molar-refractivity contribution in [3.63, 3.8) is 0 Å². The fraction of sp³-hybridized carbons (Fsp3) is 0.222. The molecule has 2 aromatic rings. The van der Waals surface area contributed by atoms with Crippen molar-refractivity contribution in [3.8, 4) is 17.2 Å². The monoisotopic (exact) mass is 329 g/mol. The van der Waals surface area contributed by atoms with Crippen molar-refractivity contribution in [2.75, 3.05) is 13.7 Å². The number of hydrogen-bond donors (Lipinski definition) is 2. The summed E-state index contributed by atoms with van der Waals surface area (Å²) in [6.07, 6.45) is 0.279. The van der Waals surface area contributed by atoms with E-state index in [2.05, 4.69) is 5.16 Å². The molecule has 0 aliphatic heterocycles. The SMILES string of the molecule is COc1ccccc1C/C(=N/O)c1ccc(OCC(C)=O)cc1O. The maximum Gasteiger partial charge on any atom is 0.167 e. The second-order valence-electron chi connectivity index (χ2n) is 5.20. The van der Waals surface area contributed by atoms with E-state index in [0.717, 1.165) is 5.56 Å². The number of oxime groups is 1. The Kier molecular flexibility index (Phi) is 5.78. The zero-order chi connectivity index (χ0) is 17.5. The second-order valence-corrected chi connectivity index (χ2v) is 5.20. The quantitative estimate of drug-likeness (QED) is 0.463. The number of hydrogen-bond acceptors (Lipinski definition) is 6. The normalized spacial score (nSPS) is 11.2. The zero-order valence-electron chi connectivity index (χ0n) is 13.5. The van der Waals surface area contributed by atoms with Crippen molar-refractivity contribution >= 4 is 11.5 Å². The van der Waals surface area contributed by atoms with E-state index >= 15 is 0 Å². The van der Waals surface area contributed by atoms with Gasteiger partial charge in [0.1, 0.15) is 23.9 Å². The van der Waals surface area contributed by atoms with Crippen molar-refractivity contribution in [1.82, 2.24) is 0 Å². The third kappa shape index (κ3) is 4.25. The molecule has 0 fully saturated rings. The molecule has 2 aromatic carbocycles. The van der Waals surface area contributed by atoms with Crippen LogP contribution in [-0.4, -0.2) is 35.5 Å². The number of para-hydroxylation sites is 1. The van der Waals surface area contributed by atoms with E-state index in [9.17, 15) is 15.1 Å². The minimum Gasteiger partial charge on any atom is -0.507 e. The average Bonchev–Trinajstić information content (AvgIpc) is 2.58. The van der Waals surface area contributed by atoms with Crippen LogP contribution in [0, 0.1) is 0 Å². The lowest BCUT2D eigenvalue weighted by Crippen LogP contribution is -2.09. The summed E-state index contributed by atoms with van der Waals surface area (Å²) in [5, 5.41) is 22.8. The van der Waals surface area contributed by atoms with Gasteiger partial charge < -0.3 is 19.8 Å². The van der Waals surface area contributed by atoms with Crippen molar-refractivity contribution in [3.05, 3.63) is 53.6 Å². The lowest BCUT2D eigenvalue weighted by atomic mass is 10.0. The standard InChI is InChI=1S/C18H19NO5/c1-12(20)11-24-14-7-8-15(17(21)10-14)16(19-22)9-13-5-3-4-6-18(13)23-2/h3-8,10,21-22H,9,11H2,1-2H3/b19-16-. The average molecular weight is 329 g/mol. The number of phenols is 1. The fourth-order valence-corrected chi connectivity index (χ4v) is 2.24. The van der Waals surface area contributed by atoms with Crippen LogP contribution in [0.1, 0.15) is 18.1 Å². The highest BCUT2D eigenvalue weighted by molar-refractivity contribution is 6.04. The van der Waals surface area contributed by atoms with Gasteiger partial charge in [0.15, 0.2) is 5.78 Å². The van der Waals surface area contributed by atoms with Gasteiger partial charge in [0.2, 0.25) is 0 Å². The minimum atomic E-state index is -0.118. The van der Waals surface area contributed by atoms with Gasteiger partial charge >= 0.3 is 0 Å². The molecular weight excluding hydrogens is 310 g/mol. The third-order valence-electron chi connectivity index (χ3n) is 3.39. The van der Waals surface area contributed by atoms with Crippen LogP contribution >= 0.6 is 0 Å². The van der Waals surface area contributed by atoms with Crippen LogP contribution in [0.25, 0.3) is 0 Å². The van der Waals surface area contributed by atoms with E-state index in [4.69, 9.17) is 9.47 Å². The van der Waals surface area contributed by atoms with Gasteiger partial charge in [0, 0.05) is 23.6 Å². The number of methoxy groups -OCH3 is 1. The van der Waals surface area contributed by atoms with Gasteiger partial charge in [0.25, 0.3) is 0 Å².